The maximum atomic E-state index is 3.41. The number of hydrogen-bond donors (Lipinski definition) is 1. The van der Waals surface area contributed by atoms with E-state index in [1.807, 2.05) is 0 Å². The van der Waals surface area contributed by atoms with Crippen LogP contribution < -0.4 is 5.32 Å². The predicted octanol–water partition coefficient (Wildman–Crippen LogP) is 1.96. The molecule has 1 N–H and O–H groups in total. The second-order valence-electron chi connectivity index (χ2n) is 4.24. The Kier molecular flexibility index (Phi) is 8.46. The lowest BCUT2D eigenvalue weighted by molar-refractivity contribution is 0.309. The van der Waals surface area contributed by atoms with Crippen LogP contribution in [0.4, 0.5) is 0 Å². The molecule has 0 aliphatic heterocycles. The first-order valence-electron chi connectivity index (χ1n) is 5.56. The van der Waals surface area contributed by atoms with Gasteiger partial charge in [-0.2, -0.15) is 0 Å². The van der Waals surface area contributed by atoms with Crippen LogP contribution in [0.5, 0.6) is 0 Å². The molecule has 0 spiro atoms. The molecule has 0 heterocycles. The van der Waals surface area contributed by atoms with Gasteiger partial charge in [0.1, 0.15) is 0 Å². The maximum Gasteiger partial charge on any atom is 0.0104 e. The zero-order valence-electron chi connectivity index (χ0n) is 9.77. The monoisotopic (exact) mass is 186 g/mol. The molecular formula is C11H26N2. The summed E-state index contributed by atoms with van der Waals surface area (Å²) in [5.74, 6) is 0.825. The van der Waals surface area contributed by atoms with Crippen molar-refractivity contribution in [3.8, 4) is 0 Å². The first-order valence-corrected chi connectivity index (χ1v) is 5.56. The Morgan fingerprint density at radius 1 is 1.15 bits per heavy atom. The van der Waals surface area contributed by atoms with Gasteiger partial charge >= 0.3 is 0 Å². The van der Waals surface area contributed by atoms with Gasteiger partial charge in [-0.05, 0) is 38.9 Å². The Balaban J connectivity index is 3.15. The third-order valence-electron chi connectivity index (χ3n) is 2.19. The van der Waals surface area contributed by atoms with Gasteiger partial charge in [-0.1, -0.05) is 20.8 Å². The lowest BCUT2D eigenvalue weighted by Crippen LogP contribution is -2.30. The lowest BCUT2D eigenvalue weighted by atomic mass is 10.1. The normalized spacial score (nSPS) is 11.5. The van der Waals surface area contributed by atoms with E-state index >= 15 is 0 Å². The zero-order chi connectivity index (χ0) is 10.1. The van der Waals surface area contributed by atoms with E-state index in [0.717, 1.165) is 19.0 Å². The lowest BCUT2D eigenvalue weighted by Gasteiger charge is -2.17. The van der Waals surface area contributed by atoms with Gasteiger partial charge in [-0.3, -0.25) is 0 Å². The minimum atomic E-state index is 0.825. The quantitative estimate of drug-likeness (QED) is 0.583. The van der Waals surface area contributed by atoms with E-state index in [-0.39, 0.29) is 0 Å². The van der Waals surface area contributed by atoms with E-state index in [1.165, 1.54) is 25.9 Å². The fourth-order valence-corrected chi connectivity index (χ4v) is 1.16. The molecular weight excluding hydrogens is 160 g/mol. The standard InChI is InChI=1S/C11H26N2/c1-5-7-12-8-10-13(4)9-6-11(2)3/h11-12H,5-10H2,1-4H3. The molecule has 0 radical (unpaired) electrons. The summed E-state index contributed by atoms with van der Waals surface area (Å²) >= 11 is 0. The minimum Gasteiger partial charge on any atom is -0.315 e. The summed E-state index contributed by atoms with van der Waals surface area (Å²) in [5, 5.41) is 3.41. The Bertz CT molecular complexity index is 102. The molecule has 0 saturated heterocycles. The van der Waals surface area contributed by atoms with Gasteiger partial charge in [0, 0.05) is 13.1 Å². The summed E-state index contributed by atoms with van der Waals surface area (Å²) in [5.41, 5.74) is 0. The van der Waals surface area contributed by atoms with E-state index < -0.39 is 0 Å². The first kappa shape index (κ1) is 12.9. The third kappa shape index (κ3) is 9.84. The summed E-state index contributed by atoms with van der Waals surface area (Å²) < 4.78 is 0. The fraction of sp³-hybridized carbons (Fsp3) is 1.00. The zero-order valence-corrected chi connectivity index (χ0v) is 9.77. The van der Waals surface area contributed by atoms with Crippen LogP contribution in [0, 0.1) is 5.92 Å². The summed E-state index contributed by atoms with van der Waals surface area (Å²) in [7, 11) is 2.20. The van der Waals surface area contributed by atoms with E-state index in [9.17, 15) is 0 Å². The summed E-state index contributed by atoms with van der Waals surface area (Å²) in [6, 6.07) is 0. The van der Waals surface area contributed by atoms with Crippen LogP contribution in [0.25, 0.3) is 0 Å². The highest BCUT2D eigenvalue weighted by atomic mass is 15.1. The van der Waals surface area contributed by atoms with Crippen LogP contribution in [0.2, 0.25) is 0 Å². The van der Waals surface area contributed by atoms with E-state index in [1.54, 1.807) is 0 Å². The number of nitrogens with zero attached hydrogens (tertiary/aromatic N) is 1. The van der Waals surface area contributed by atoms with Gasteiger partial charge in [-0.15, -0.1) is 0 Å². The molecule has 0 aromatic heterocycles. The van der Waals surface area contributed by atoms with Crippen LogP contribution in [0.3, 0.4) is 0 Å². The van der Waals surface area contributed by atoms with Gasteiger partial charge in [0.05, 0.1) is 0 Å². The second kappa shape index (κ2) is 8.52. The van der Waals surface area contributed by atoms with Gasteiger partial charge in [0.2, 0.25) is 0 Å². The number of likely N-dealkylation sites (N-methyl/N-ethyl adjacent to an activating group) is 1. The average molecular weight is 186 g/mol. The highest BCUT2D eigenvalue weighted by Gasteiger charge is 1.99. The molecule has 0 amide bonds. The van der Waals surface area contributed by atoms with Crippen LogP contribution in [0.15, 0.2) is 0 Å². The number of rotatable bonds is 8. The Hall–Kier alpha value is -0.0800. The number of hydrogen-bond acceptors (Lipinski definition) is 2. The molecule has 0 unspecified atom stereocenters. The highest BCUT2D eigenvalue weighted by molar-refractivity contribution is 4.56. The first-order chi connectivity index (χ1) is 6.16. The molecule has 0 aromatic rings. The topological polar surface area (TPSA) is 15.3 Å². The molecule has 0 saturated carbocycles. The smallest absolute Gasteiger partial charge is 0.0104 e. The van der Waals surface area contributed by atoms with Gasteiger partial charge in [-0.25, -0.2) is 0 Å². The van der Waals surface area contributed by atoms with Gasteiger partial charge < -0.3 is 10.2 Å². The largest absolute Gasteiger partial charge is 0.315 e. The summed E-state index contributed by atoms with van der Waals surface area (Å²) in [4.78, 5) is 2.41. The van der Waals surface area contributed by atoms with Gasteiger partial charge in [0.25, 0.3) is 0 Å². The predicted molar refractivity (Wildman–Crippen MR) is 60.1 cm³/mol. The summed E-state index contributed by atoms with van der Waals surface area (Å²) in [6.45, 7) is 11.4. The van der Waals surface area contributed by atoms with Gasteiger partial charge in [0.15, 0.2) is 0 Å². The molecule has 80 valence electrons. The molecule has 0 aliphatic carbocycles. The van der Waals surface area contributed by atoms with Crippen LogP contribution in [-0.4, -0.2) is 38.1 Å². The Morgan fingerprint density at radius 2 is 1.85 bits per heavy atom. The van der Waals surface area contributed by atoms with Crippen LogP contribution in [-0.2, 0) is 0 Å². The molecule has 0 atom stereocenters. The molecule has 0 fully saturated rings. The van der Waals surface area contributed by atoms with Crippen molar-refractivity contribution in [3.63, 3.8) is 0 Å². The SMILES string of the molecule is CCCNCCN(C)CCC(C)C. The van der Waals surface area contributed by atoms with Crippen LogP contribution >= 0.6 is 0 Å². The molecule has 0 aromatic carbocycles. The van der Waals surface area contributed by atoms with Crippen LogP contribution in [0.1, 0.15) is 33.6 Å². The Morgan fingerprint density at radius 3 is 2.38 bits per heavy atom. The van der Waals surface area contributed by atoms with E-state index in [2.05, 4.69) is 38.0 Å². The second-order valence-corrected chi connectivity index (χ2v) is 4.24. The van der Waals surface area contributed by atoms with Crippen molar-refractivity contribution < 1.29 is 0 Å². The molecule has 0 bridgehead atoms. The molecule has 0 rings (SSSR count). The van der Waals surface area contributed by atoms with Crippen molar-refractivity contribution in [1.29, 1.82) is 0 Å². The third-order valence-corrected chi connectivity index (χ3v) is 2.19. The van der Waals surface area contributed by atoms with Crippen molar-refractivity contribution in [2.75, 3.05) is 33.2 Å². The van der Waals surface area contributed by atoms with Crippen molar-refractivity contribution in [1.82, 2.24) is 10.2 Å². The minimum absolute atomic E-state index is 0.825. The van der Waals surface area contributed by atoms with Crippen molar-refractivity contribution in [3.05, 3.63) is 0 Å². The van der Waals surface area contributed by atoms with Crippen molar-refractivity contribution >= 4 is 0 Å². The molecule has 13 heavy (non-hydrogen) atoms. The molecule has 2 heteroatoms. The average Bonchev–Trinajstić information content (AvgIpc) is 2.09. The van der Waals surface area contributed by atoms with Crippen molar-refractivity contribution in [2.24, 2.45) is 5.92 Å². The fourth-order valence-electron chi connectivity index (χ4n) is 1.16. The molecule has 2 nitrogen and oxygen atoms in total. The Labute approximate surface area is 83.7 Å². The highest BCUT2D eigenvalue weighted by Crippen LogP contribution is 1.99. The van der Waals surface area contributed by atoms with E-state index in [4.69, 9.17) is 0 Å². The number of nitrogens with one attached hydrogen (secondary N) is 1. The maximum absolute atomic E-state index is 3.41. The molecule has 0 aliphatic rings. The van der Waals surface area contributed by atoms with Crippen molar-refractivity contribution in [2.45, 2.75) is 33.6 Å². The summed E-state index contributed by atoms with van der Waals surface area (Å²) in [6.07, 6.45) is 2.54. The van der Waals surface area contributed by atoms with E-state index in [0.29, 0.717) is 0 Å².